The Morgan fingerprint density at radius 1 is 1.24 bits per heavy atom. The number of carbonyl (C=O) groups is 1. The molecule has 0 aliphatic rings. The van der Waals surface area contributed by atoms with Crippen molar-refractivity contribution in [2.24, 2.45) is 0 Å². The van der Waals surface area contributed by atoms with Gasteiger partial charge in [-0.15, -0.1) is 0 Å². The molecule has 1 aromatic rings. The fourth-order valence-corrected chi connectivity index (χ4v) is 1.61. The van der Waals surface area contributed by atoms with Gasteiger partial charge in [0.15, 0.2) is 0 Å². The van der Waals surface area contributed by atoms with Crippen LogP contribution in [-0.2, 0) is 4.74 Å². The maximum absolute atomic E-state index is 11.3. The molecular formula is C8H5BrN2O6. The number of benzene rings is 1. The summed E-state index contributed by atoms with van der Waals surface area (Å²) in [6.45, 7) is 0. The minimum atomic E-state index is -1.13. The van der Waals surface area contributed by atoms with Crippen molar-refractivity contribution in [2.75, 3.05) is 7.11 Å². The third kappa shape index (κ3) is 2.56. The number of hydrogen-bond acceptors (Lipinski definition) is 6. The molecule has 9 heteroatoms. The molecule has 90 valence electrons. The van der Waals surface area contributed by atoms with Gasteiger partial charge < -0.3 is 4.74 Å². The Balaban J connectivity index is 3.64. The number of rotatable bonds is 3. The summed E-state index contributed by atoms with van der Waals surface area (Å²) in [6, 6.07) is 2.00. The number of carbonyl (C=O) groups excluding carboxylic acids is 1. The van der Waals surface area contributed by atoms with Gasteiger partial charge in [0.05, 0.1) is 17.0 Å². The first-order valence-corrected chi connectivity index (χ1v) is 4.88. The molecule has 0 fully saturated rings. The maximum Gasteiger partial charge on any atom is 0.352 e. The predicted molar refractivity (Wildman–Crippen MR) is 58.8 cm³/mol. The Morgan fingerprint density at radius 2 is 1.65 bits per heavy atom. The lowest BCUT2D eigenvalue weighted by atomic mass is 10.1. The van der Waals surface area contributed by atoms with E-state index in [0.29, 0.717) is 0 Å². The lowest BCUT2D eigenvalue weighted by Crippen LogP contribution is -2.09. The molecule has 0 aromatic heterocycles. The second kappa shape index (κ2) is 4.87. The number of methoxy groups -OCH3 is 1. The van der Waals surface area contributed by atoms with Crippen LogP contribution in [0.1, 0.15) is 10.4 Å². The Labute approximate surface area is 103 Å². The normalized spacial score (nSPS) is 9.76. The zero-order chi connectivity index (χ0) is 13.2. The van der Waals surface area contributed by atoms with Crippen molar-refractivity contribution in [3.8, 4) is 0 Å². The first-order valence-electron chi connectivity index (χ1n) is 4.09. The number of ether oxygens (including phenoxy) is 1. The van der Waals surface area contributed by atoms with Gasteiger partial charge in [-0.2, -0.15) is 0 Å². The van der Waals surface area contributed by atoms with E-state index in [-0.39, 0.29) is 4.47 Å². The van der Waals surface area contributed by atoms with Crippen LogP contribution >= 0.6 is 15.9 Å². The predicted octanol–water partition coefficient (Wildman–Crippen LogP) is 2.05. The third-order valence-corrected chi connectivity index (χ3v) is 2.30. The first-order chi connectivity index (χ1) is 7.88. The first kappa shape index (κ1) is 13.0. The smallest absolute Gasteiger partial charge is 0.352 e. The van der Waals surface area contributed by atoms with E-state index < -0.39 is 32.8 Å². The van der Waals surface area contributed by atoms with E-state index in [4.69, 9.17) is 0 Å². The van der Waals surface area contributed by atoms with Crippen LogP contribution in [0.2, 0.25) is 0 Å². The van der Waals surface area contributed by atoms with Gasteiger partial charge in [-0.3, -0.25) is 20.2 Å². The lowest BCUT2D eigenvalue weighted by molar-refractivity contribution is -0.394. The third-order valence-electron chi connectivity index (χ3n) is 1.84. The van der Waals surface area contributed by atoms with E-state index in [9.17, 15) is 25.0 Å². The monoisotopic (exact) mass is 304 g/mol. The van der Waals surface area contributed by atoms with Crippen LogP contribution in [0, 0.1) is 20.2 Å². The summed E-state index contributed by atoms with van der Waals surface area (Å²) >= 11 is 2.89. The van der Waals surface area contributed by atoms with Gasteiger partial charge in [0.1, 0.15) is 0 Å². The second-order valence-electron chi connectivity index (χ2n) is 2.82. The van der Waals surface area contributed by atoms with Gasteiger partial charge in [-0.1, -0.05) is 15.9 Å². The van der Waals surface area contributed by atoms with Crippen molar-refractivity contribution in [1.29, 1.82) is 0 Å². The van der Waals surface area contributed by atoms with E-state index >= 15 is 0 Å². The molecule has 0 saturated heterocycles. The summed E-state index contributed by atoms with van der Waals surface area (Å²) in [5, 5.41) is 21.4. The van der Waals surface area contributed by atoms with Crippen LogP contribution in [0.5, 0.6) is 0 Å². The molecule has 0 atom stereocenters. The number of nitro groups is 2. The van der Waals surface area contributed by atoms with Crippen LogP contribution in [0.25, 0.3) is 0 Å². The number of nitro benzene ring substituents is 2. The van der Waals surface area contributed by atoms with Gasteiger partial charge in [-0.05, 0) is 0 Å². The van der Waals surface area contributed by atoms with E-state index in [1.165, 1.54) is 0 Å². The molecule has 0 N–H and O–H groups in total. The van der Waals surface area contributed by atoms with Crippen molar-refractivity contribution in [1.82, 2.24) is 0 Å². The zero-order valence-corrected chi connectivity index (χ0v) is 9.96. The Bertz CT molecular complexity index is 480. The summed E-state index contributed by atoms with van der Waals surface area (Å²) in [5.41, 5.74) is -2.04. The Hall–Kier alpha value is -2.03. The summed E-state index contributed by atoms with van der Waals surface area (Å²) < 4.78 is 4.42. The fraction of sp³-hybridized carbons (Fsp3) is 0.125. The lowest BCUT2D eigenvalue weighted by Gasteiger charge is -2.03. The molecule has 0 aliphatic carbocycles. The van der Waals surface area contributed by atoms with Crippen LogP contribution in [0.3, 0.4) is 0 Å². The van der Waals surface area contributed by atoms with Crippen molar-refractivity contribution in [3.05, 3.63) is 42.4 Å². The number of halogens is 1. The Morgan fingerprint density at radius 3 is 1.94 bits per heavy atom. The molecule has 0 amide bonds. The molecule has 17 heavy (non-hydrogen) atoms. The van der Waals surface area contributed by atoms with Crippen LogP contribution in [0.15, 0.2) is 16.6 Å². The summed E-state index contributed by atoms with van der Waals surface area (Å²) in [7, 11) is 0.984. The quantitative estimate of drug-likeness (QED) is 0.480. The van der Waals surface area contributed by atoms with Gasteiger partial charge in [0.25, 0.3) is 11.4 Å². The molecule has 1 aromatic carbocycles. The molecular weight excluding hydrogens is 300 g/mol. The molecule has 0 radical (unpaired) electrons. The minimum absolute atomic E-state index is 0.128. The Kier molecular flexibility index (Phi) is 3.73. The van der Waals surface area contributed by atoms with Crippen LogP contribution in [-0.4, -0.2) is 22.9 Å². The molecule has 0 aliphatic heterocycles. The van der Waals surface area contributed by atoms with Crippen molar-refractivity contribution >= 4 is 33.3 Å². The highest BCUT2D eigenvalue weighted by atomic mass is 79.9. The van der Waals surface area contributed by atoms with E-state index in [2.05, 4.69) is 20.7 Å². The molecule has 0 heterocycles. The van der Waals surface area contributed by atoms with E-state index in [1.807, 2.05) is 0 Å². The van der Waals surface area contributed by atoms with Gasteiger partial charge in [-0.25, -0.2) is 4.79 Å². The van der Waals surface area contributed by atoms with E-state index in [0.717, 1.165) is 19.2 Å². The number of hydrogen-bond donors (Lipinski definition) is 0. The number of esters is 1. The van der Waals surface area contributed by atoms with E-state index in [1.54, 1.807) is 0 Å². The molecule has 0 spiro atoms. The van der Waals surface area contributed by atoms with Crippen molar-refractivity contribution in [2.45, 2.75) is 0 Å². The fourth-order valence-electron chi connectivity index (χ4n) is 1.18. The largest absolute Gasteiger partial charge is 0.465 e. The SMILES string of the molecule is COC(=O)c1c([N+](=O)[O-])cc(Br)cc1[N+](=O)[O-]. The average molecular weight is 305 g/mol. The standard InChI is InChI=1S/C8H5BrN2O6/c1-17-8(12)7-5(10(13)14)2-4(9)3-6(7)11(15)16/h2-3H,1H3. The highest BCUT2D eigenvalue weighted by molar-refractivity contribution is 9.10. The average Bonchev–Trinajstić information content (AvgIpc) is 2.26. The maximum atomic E-state index is 11.3. The zero-order valence-electron chi connectivity index (χ0n) is 8.38. The summed E-state index contributed by atoms with van der Waals surface area (Å²) in [5.74, 6) is -1.13. The molecule has 0 unspecified atom stereocenters. The molecule has 1 rings (SSSR count). The van der Waals surface area contributed by atoms with Gasteiger partial charge in [0, 0.05) is 16.6 Å². The second-order valence-corrected chi connectivity index (χ2v) is 3.74. The van der Waals surface area contributed by atoms with Gasteiger partial charge in [0.2, 0.25) is 5.56 Å². The van der Waals surface area contributed by atoms with Crippen LogP contribution < -0.4 is 0 Å². The highest BCUT2D eigenvalue weighted by Crippen LogP contribution is 2.32. The highest BCUT2D eigenvalue weighted by Gasteiger charge is 2.32. The van der Waals surface area contributed by atoms with Crippen molar-refractivity contribution in [3.63, 3.8) is 0 Å². The van der Waals surface area contributed by atoms with Crippen molar-refractivity contribution < 1.29 is 19.4 Å². The minimum Gasteiger partial charge on any atom is -0.465 e. The topological polar surface area (TPSA) is 113 Å². The summed E-state index contributed by atoms with van der Waals surface area (Å²) in [4.78, 5) is 31.0. The van der Waals surface area contributed by atoms with Crippen LogP contribution in [0.4, 0.5) is 11.4 Å². The van der Waals surface area contributed by atoms with Gasteiger partial charge >= 0.3 is 5.97 Å². The molecule has 8 nitrogen and oxygen atoms in total. The molecule has 0 bridgehead atoms. The molecule has 0 saturated carbocycles. The number of nitrogens with zero attached hydrogens (tertiary/aromatic N) is 2. The summed E-state index contributed by atoms with van der Waals surface area (Å²) in [6.07, 6.45) is 0.